The van der Waals surface area contributed by atoms with Crippen LogP contribution in [0.25, 0.3) is 0 Å². The second-order valence-corrected chi connectivity index (χ2v) is 6.68. The first kappa shape index (κ1) is 17.9. The van der Waals surface area contributed by atoms with Crippen molar-refractivity contribution in [3.05, 3.63) is 53.8 Å². The van der Waals surface area contributed by atoms with E-state index >= 15 is 0 Å². The van der Waals surface area contributed by atoms with Crippen LogP contribution in [0.3, 0.4) is 0 Å². The lowest BCUT2D eigenvalue weighted by atomic mass is 9.99. The minimum atomic E-state index is -0.422. The topological polar surface area (TPSA) is 61.4 Å². The van der Waals surface area contributed by atoms with Crippen LogP contribution < -0.4 is 15.5 Å². The quantitative estimate of drug-likeness (QED) is 0.857. The number of urea groups is 1. The van der Waals surface area contributed by atoms with Gasteiger partial charge in [0.2, 0.25) is 5.91 Å². The van der Waals surface area contributed by atoms with Crippen LogP contribution in [-0.2, 0) is 11.2 Å². The summed E-state index contributed by atoms with van der Waals surface area (Å²) in [5.41, 5.74) is 3.06. The molecule has 0 unspecified atom stereocenters. The second kappa shape index (κ2) is 7.56. The van der Waals surface area contributed by atoms with E-state index in [0.717, 1.165) is 24.1 Å². The van der Waals surface area contributed by atoms with Crippen LogP contribution in [0, 0.1) is 11.7 Å². The van der Waals surface area contributed by atoms with Gasteiger partial charge in [-0.3, -0.25) is 4.79 Å². The number of aryl methyl sites for hydroxylation is 1. The molecule has 0 atom stereocenters. The van der Waals surface area contributed by atoms with Gasteiger partial charge in [-0.25, -0.2) is 9.18 Å². The van der Waals surface area contributed by atoms with Gasteiger partial charge in [-0.1, -0.05) is 19.9 Å². The first-order chi connectivity index (χ1) is 12.4. The fourth-order valence-corrected chi connectivity index (χ4v) is 3.02. The number of halogens is 1. The highest BCUT2D eigenvalue weighted by Gasteiger charge is 2.24. The number of hydrogen-bond acceptors (Lipinski definition) is 2. The molecular formula is C20H22FN3O2. The number of fused-ring (bicyclic) bond motifs is 1. The number of amides is 3. The number of benzene rings is 2. The molecule has 3 rings (SSSR count). The van der Waals surface area contributed by atoms with Crippen LogP contribution in [0.1, 0.15) is 25.8 Å². The molecule has 5 nitrogen and oxygen atoms in total. The number of hydrogen-bond donors (Lipinski definition) is 2. The normalized spacial score (nSPS) is 13.3. The van der Waals surface area contributed by atoms with Gasteiger partial charge in [-0.2, -0.15) is 0 Å². The molecule has 1 aliphatic rings. The Labute approximate surface area is 152 Å². The Balaban J connectivity index is 1.75. The van der Waals surface area contributed by atoms with Crippen LogP contribution >= 0.6 is 0 Å². The minimum Gasteiger partial charge on any atom is -0.312 e. The van der Waals surface area contributed by atoms with E-state index in [-0.39, 0.29) is 17.6 Å². The summed E-state index contributed by atoms with van der Waals surface area (Å²) in [7, 11) is 0. The van der Waals surface area contributed by atoms with Crippen LogP contribution in [0.2, 0.25) is 0 Å². The molecule has 2 N–H and O–H groups in total. The molecule has 1 heterocycles. The standard InChI is InChI=1S/C20H22FN3O2/c1-13(2)19(25)24-11-3-4-14-5-8-17(12-18(14)24)23-20(26)22-16-9-6-15(21)7-10-16/h5-10,12-13H,3-4,11H2,1-2H3,(H2,22,23,26). The van der Waals surface area contributed by atoms with Gasteiger partial charge in [0.05, 0.1) is 0 Å². The third kappa shape index (κ3) is 4.02. The van der Waals surface area contributed by atoms with Gasteiger partial charge in [-0.15, -0.1) is 0 Å². The zero-order valence-corrected chi connectivity index (χ0v) is 14.9. The molecule has 0 aromatic heterocycles. The van der Waals surface area contributed by atoms with E-state index in [1.807, 2.05) is 32.0 Å². The monoisotopic (exact) mass is 355 g/mol. The molecule has 1 aliphatic heterocycles. The van der Waals surface area contributed by atoms with Crippen molar-refractivity contribution in [1.82, 2.24) is 0 Å². The Bertz CT molecular complexity index is 818. The SMILES string of the molecule is CC(C)C(=O)N1CCCc2ccc(NC(=O)Nc3ccc(F)cc3)cc21. The molecule has 3 amide bonds. The highest BCUT2D eigenvalue weighted by molar-refractivity contribution is 6.01. The van der Waals surface area contributed by atoms with Gasteiger partial charge in [0.15, 0.2) is 0 Å². The number of carbonyl (C=O) groups excluding carboxylic acids is 2. The number of nitrogens with one attached hydrogen (secondary N) is 2. The average Bonchev–Trinajstić information content (AvgIpc) is 2.62. The average molecular weight is 355 g/mol. The van der Waals surface area contributed by atoms with E-state index < -0.39 is 6.03 Å². The smallest absolute Gasteiger partial charge is 0.312 e. The van der Waals surface area contributed by atoms with Gasteiger partial charge in [0.25, 0.3) is 0 Å². The molecular weight excluding hydrogens is 333 g/mol. The van der Waals surface area contributed by atoms with Crippen molar-refractivity contribution in [2.24, 2.45) is 5.92 Å². The lowest BCUT2D eigenvalue weighted by molar-refractivity contribution is -0.121. The third-order valence-electron chi connectivity index (χ3n) is 4.32. The molecule has 136 valence electrons. The highest BCUT2D eigenvalue weighted by atomic mass is 19.1. The summed E-state index contributed by atoms with van der Waals surface area (Å²) < 4.78 is 12.9. The number of carbonyl (C=O) groups is 2. The molecule has 2 aromatic carbocycles. The van der Waals surface area contributed by atoms with E-state index in [1.165, 1.54) is 24.3 Å². The maximum absolute atomic E-state index is 12.9. The summed E-state index contributed by atoms with van der Waals surface area (Å²) in [5.74, 6) is -0.362. The Morgan fingerprint density at radius 1 is 1.04 bits per heavy atom. The van der Waals surface area contributed by atoms with Crippen molar-refractivity contribution in [3.8, 4) is 0 Å². The van der Waals surface area contributed by atoms with Crippen molar-refractivity contribution in [2.45, 2.75) is 26.7 Å². The number of rotatable bonds is 3. The molecule has 0 saturated carbocycles. The first-order valence-electron chi connectivity index (χ1n) is 8.72. The molecule has 0 fully saturated rings. The largest absolute Gasteiger partial charge is 0.323 e. The van der Waals surface area contributed by atoms with Gasteiger partial charge in [0, 0.05) is 29.5 Å². The Morgan fingerprint density at radius 3 is 2.38 bits per heavy atom. The summed E-state index contributed by atoms with van der Waals surface area (Å²) in [4.78, 5) is 26.4. The summed E-state index contributed by atoms with van der Waals surface area (Å²) in [6.07, 6.45) is 1.85. The van der Waals surface area contributed by atoms with Crippen LogP contribution in [0.4, 0.5) is 26.2 Å². The van der Waals surface area contributed by atoms with Crippen LogP contribution in [0.5, 0.6) is 0 Å². The van der Waals surface area contributed by atoms with E-state index in [0.29, 0.717) is 17.9 Å². The van der Waals surface area contributed by atoms with E-state index in [2.05, 4.69) is 10.6 Å². The number of anilines is 3. The Hall–Kier alpha value is -2.89. The highest BCUT2D eigenvalue weighted by Crippen LogP contribution is 2.31. The molecule has 0 spiro atoms. The van der Waals surface area contributed by atoms with Crippen molar-refractivity contribution in [1.29, 1.82) is 0 Å². The molecule has 0 saturated heterocycles. The zero-order valence-electron chi connectivity index (χ0n) is 14.9. The maximum atomic E-state index is 12.9. The molecule has 0 bridgehead atoms. The predicted octanol–water partition coefficient (Wildman–Crippen LogP) is 4.40. The van der Waals surface area contributed by atoms with E-state index in [9.17, 15) is 14.0 Å². The van der Waals surface area contributed by atoms with Crippen molar-refractivity contribution in [3.63, 3.8) is 0 Å². The summed E-state index contributed by atoms with van der Waals surface area (Å²) in [6, 6.07) is 10.7. The summed E-state index contributed by atoms with van der Waals surface area (Å²) in [6.45, 7) is 4.46. The van der Waals surface area contributed by atoms with Crippen LogP contribution in [0.15, 0.2) is 42.5 Å². The molecule has 26 heavy (non-hydrogen) atoms. The molecule has 6 heteroatoms. The maximum Gasteiger partial charge on any atom is 0.323 e. The van der Waals surface area contributed by atoms with Crippen molar-refractivity contribution < 1.29 is 14.0 Å². The number of nitrogens with zero attached hydrogens (tertiary/aromatic N) is 1. The third-order valence-corrected chi connectivity index (χ3v) is 4.32. The first-order valence-corrected chi connectivity index (χ1v) is 8.72. The minimum absolute atomic E-state index is 0.0823. The van der Waals surface area contributed by atoms with Gasteiger partial charge >= 0.3 is 6.03 Å². The van der Waals surface area contributed by atoms with Crippen LogP contribution in [-0.4, -0.2) is 18.5 Å². The van der Waals surface area contributed by atoms with Gasteiger partial charge < -0.3 is 15.5 Å². The Morgan fingerprint density at radius 2 is 1.69 bits per heavy atom. The lowest BCUT2D eigenvalue weighted by Crippen LogP contribution is -2.38. The molecule has 0 aliphatic carbocycles. The van der Waals surface area contributed by atoms with Gasteiger partial charge in [-0.05, 0) is 54.8 Å². The molecule has 2 aromatic rings. The lowest BCUT2D eigenvalue weighted by Gasteiger charge is -2.31. The molecule has 0 radical (unpaired) electrons. The van der Waals surface area contributed by atoms with E-state index in [4.69, 9.17) is 0 Å². The summed E-state index contributed by atoms with van der Waals surface area (Å²) in [5, 5.41) is 5.41. The fraction of sp³-hybridized carbons (Fsp3) is 0.300. The van der Waals surface area contributed by atoms with Crippen molar-refractivity contribution in [2.75, 3.05) is 22.1 Å². The second-order valence-electron chi connectivity index (χ2n) is 6.68. The Kier molecular flexibility index (Phi) is 5.21. The van der Waals surface area contributed by atoms with Crippen molar-refractivity contribution >= 4 is 29.0 Å². The van der Waals surface area contributed by atoms with Gasteiger partial charge in [0.1, 0.15) is 5.82 Å². The fourth-order valence-electron chi connectivity index (χ4n) is 3.02. The zero-order chi connectivity index (χ0) is 18.7. The summed E-state index contributed by atoms with van der Waals surface area (Å²) >= 11 is 0. The van der Waals surface area contributed by atoms with E-state index in [1.54, 1.807) is 4.90 Å². The predicted molar refractivity (Wildman–Crippen MR) is 101 cm³/mol.